The maximum atomic E-state index is 12.2. The summed E-state index contributed by atoms with van der Waals surface area (Å²) >= 11 is 0. The van der Waals surface area contributed by atoms with Gasteiger partial charge in [0.2, 0.25) is 0 Å². The molecule has 26 heavy (non-hydrogen) atoms. The number of halogens is 1. The number of rotatable bonds is 7. The lowest BCUT2D eigenvalue weighted by Gasteiger charge is -2.22. The molecule has 1 aromatic carbocycles. The minimum Gasteiger partial charge on any atom is -0.373 e. The van der Waals surface area contributed by atoms with Crippen LogP contribution in [-0.4, -0.2) is 52.0 Å². The van der Waals surface area contributed by atoms with Crippen molar-refractivity contribution in [3.05, 3.63) is 35.9 Å². The van der Waals surface area contributed by atoms with Crippen LogP contribution in [0.1, 0.15) is 31.2 Å². The molecule has 3 atom stereocenters. The molecule has 3 unspecified atom stereocenters. The smallest absolute Gasteiger partial charge is 0.191 e. The minimum absolute atomic E-state index is 0. The summed E-state index contributed by atoms with van der Waals surface area (Å²) in [5.41, 5.74) is 0.837. The van der Waals surface area contributed by atoms with Gasteiger partial charge in [-0.1, -0.05) is 30.3 Å². The first-order valence-corrected chi connectivity index (χ1v) is 10.7. The maximum Gasteiger partial charge on any atom is 0.191 e. The van der Waals surface area contributed by atoms with Gasteiger partial charge in [-0.2, -0.15) is 0 Å². The molecule has 0 radical (unpaired) electrons. The van der Waals surface area contributed by atoms with E-state index in [1.54, 1.807) is 7.05 Å². The highest BCUT2D eigenvalue weighted by Crippen LogP contribution is 2.34. The molecular weight excluding hydrogens is 465 g/mol. The monoisotopic (exact) mass is 493 g/mol. The van der Waals surface area contributed by atoms with Crippen molar-refractivity contribution in [3.63, 3.8) is 0 Å². The SMILES string of the molecule is CN=C(NCCCS(=O)(=O)Cc1ccccc1)NC1CC2CCC1O2.I. The van der Waals surface area contributed by atoms with E-state index in [2.05, 4.69) is 15.6 Å². The number of fused-ring (bicyclic) bond motifs is 2. The van der Waals surface area contributed by atoms with Gasteiger partial charge in [-0.25, -0.2) is 8.42 Å². The largest absolute Gasteiger partial charge is 0.373 e. The Bertz CT molecular complexity index is 697. The molecule has 2 aliphatic heterocycles. The summed E-state index contributed by atoms with van der Waals surface area (Å²) in [6.07, 6.45) is 4.53. The van der Waals surface area contributed by atoms with E-state index in [0.29, 0.717) is 25.1 Å². The second-order valence-electron chi connectivity index (χ2n) is 6.79. The fourth-order valence-corrected chi connectivity index (χ4v) is 4.99. The third kappa shape index (κ3) is 6.09. The van der Waals surface area contributed by atoms with E-state index in [1.165, 1.54) is 0 Å². The molecule has 146 valence electrons. The molecule has 0 spiro atoms. The normalized spacial score (nSPS) is 25.0. The van der Waals surface area contributed by atoms with E-state index in [9.17, 15) is 8.42 Å². The lowest BCUT2D eigenvalue weighted by Crippen LogP contribution is -2.47. The van der Waals surface area contributed by atoms with E-state index < -0.39 is 9.84 Å². The molecule has 2 saturated heterocycles. The van der Waals surface area contributed by atoms with Crippen LogP contribution < -0.4 is 10.6 Å². The third-order valence-electron chi connectivity index (χ3n) is 4.81. The molecule has 3 rings (SSSR count). The highest BCUT2D eigenvalue weighted by molar-refractivity contribution is 14.0. The quantitative estimate of drug-likeness (QED) is 0.263. The van der Waals surface area contributed by atoms with Crippen LogP contribution in [-0.2, 0) is 20.3 Å². The second kappa shape index (κ2) is 9.89. The van der Waals surface area contributed by atoms with Crippen molar-refractivity contribution in [3.8, 4) is 0 Å². The number of hydrogen-bond donors (Lipinski definition) is 2. The molecular formula is C18H28IN3O3S. The van der Waals surface area contributed by atoms with Crippen molar-refractivity contribution in [1.29, 1.82) is 0 Å². The Balaban J connectivity index is 0.00000243. The van der Waals surface area contributed by atoms with E-state index in [4.69, 9.17) is 4.74 Å². The first-order chi connectivity index (χ1) is 12.1. The number of nitrogens with zero attached hydrogens (tertiary/aromatic N) is 1. The Labute approximate surface area is 173 Å². The Morgan fingerprint density at radius 2 is 2.04 bits per heavy atom. The Hall–Kier alpha value is -0.870. The van der Waals surface area contributed by atoms with E-state index >= 15 is 0 Å². The number of nitrogens with one attached hydrogen (secondary N) is 2. The number of aliphatic imine (C=N–C) groups is 1. The maximum absolute atomic E-state index is 12.2. The molecule has 0 saturated carbocycles. The Morgan fingerprint density at radius 3 is 2.65 bits per heavy atom. The van der Waals surface area contributed by atoms with Crippen molar-refractivity contribution >= 4 is 39.8 Å². The van der Waals surface area contributed by atoms with Crippen LogP contribution in [0.2, 0.25) is 0 Å². The lowest BCUT2D eigenvalue weighted by molar-refractivity contribution is 0.0992. The minimum atomic E-state index is -3.09. The molecule has 0 aromatic heterocycles. The summed E-state index contributed by atoms with van der Waals surface area (Å²) in [6, 6.07) is 9.62. The van der Waals surface area contributed by atoms with E-state index in [1.807, 2.05) is 30.3 Å². The summed E-state index contributed by atoms with van der Waals surface area (Å²) in [7, 11) is -1.36. The third-order valence-corrected chi connectivity index (χ3v) is 6.49. The van der Waals surface area contributed by atoms with Crippen LogP contribution in [0.3, 0.4) is 0 Å². The molecule has 6 nitrogen and oxygen atoms in total. The van der Waals surface area contributed by atoms with Crippen LogP contribution >= 0.6 is 24.0 Å². The first-order valence-electron chi connectivity index (χ1n) is 8.93. The predicted octanol–water partition coefficient (Wildman–Crippen LogP) is 2.09. The summed E-state index contributed by atoms with van der Waals surface area (Å²) < 4.78 is 30.2. The molecule has 8 heteroatoms. The summed E-state index contributed by atoms with van der Waals surface area (Å²) in [5.74, 6) is 0.994. The molecule has 1 aromatic rings. The fraction of sp³-hybridized carbons (Fsp3) is 0.611. The van der Waals surface area contributed by atoms with Gasteiger partial charge in [0, 0.05) is 13.6 Å². The summed E-state index contributed by atoms with van der Waals surface area (Å²) in [4.78, 5) is 4.23. The van der Waals surface area contributed by atoms with E-state index in [0.717, 1.165) is 30.8 Å². The Kier molecular flexibility index (Phi) is 8.15. The van der Waals surface area contributed by atoms with Gasteiger partial charge in [-0.3, -0.25) is 4.99 Å². The zero-order chi connectivity index (χ0) is 17.7. The topological polar surface area (TPSA) is 79.8 Å². The Morgan fingerprint density at radius 1 is 1.27 bits per heavy atom. The van der Waals surface area contributed by atoms with Crippen LogP contribution in [0.4, 0.5) is 0 Å². The number of guanidine groups is 1. The number of hydrogen-bond acceptors (Lipinski definition) is 4. The van der Waals surface area contributed by atoms with Crippen molar-refractivity contribution in [2.75, 3.05) is 19.3 Å². The van der Waals surface area contributed by atoms with Crippen LogP contribution in [0.5, 0.6) is 0 Å². The second-order valence-corrected chi connectivity index (χ2v) is 8.97. The van der Waals surface area contributed by atoms with Gasteiger partial charge in [-0.15, -0.1) is 24.0 Å². The number of sulfone groups is 1. The number of benzene rings is 1. The highest BCUT2D eigenvalue weighted by atomic mass is 127. The molecule has 2 fully saturated rings. The molecule has 0 amide bonds. The standard InChI is InChI=1S/C18H27N3O3S.HI/c1-19-18(21-16-12-15-8-9-17(16)24-15)20-10-5-11-25(22,23)13-14-6-3-2-4-7-14;/h2-4,6-7,15-17H,5,8-13H2,1H3,(H2,19,20,21);1H. The summed E-state index contributed by atoms with van der Waals surface area (Å²) in [6.45, 7) is 0.579. The fourth-order valence-electron chi connectivity index (χ4n) is 3.56. The lowest BCUT2D eigenvalue weighted by atomic mass is 9.96. The van der Waals surface area contributed by atoms with Crippen molar-refractivity contribution < 1.29 is 13.2 Å². The zero-order valence-electron chi connectivity index (χ0n) is 15.1. The first kappa shape index (κ1) is 21.4. The molecule has 2 aliphatic rings. The van der Waals surface area contributed by atoms with Crippen LogP contribution in [0, 0.1) is 0 Å². The number of ether oxygens (including phenoxy) is 1. The molecule has 2 bridgehead atoms. The van der Waals surface area contributed by atoms with Gasteiger partial charge in [0.05, 0.1) is 29.8 Å². The van der Waals surface area contributed by atoms with Crippen LogP contribution in [0.25, 0.3) is 0 Å². The predicted molar refractivity (Wildman–Crippen MR) is 115 cm³/mol. The van der Waals surface area contributed by atoms with Crippen molar-refractivity contribution in [1.82, 2.24) is 10.6 Å². The van der Waals surface area contributed by atoms with Crippen molar-refractivity contribution in [2.45, 2.75) is 49.7 Å². The average molecular weight is 493 g/mol. The van der Waals surface area contributed by atoms with Gasteiger partial charge >= 0.3 is 0 Å². The zero-order valence-corrected chi connectivity index (χ0v) is 18.2. The average Bonchev–Trinajstić information content (AvgIpc) is 3.21. The van der Waals surface area contributed by atoms with E-state index in [-0.39, 0.29) is 41.6 Å². The van der Waals surface area contributed by atoms with Crippen molar-refractivity contribution in [2.24, 2.45) is 4.99 Å². The molecule has 2 heterocycles. The van der Waals surface area contributed by atoms with Gasteiger partial charge in [0.1, 0.15) is 0 Å². The van der Waals surface area contributed by atoms with Crippen LogP contribution in [0.15, 0.2) is 35.3 Å². The summed E-state index contributed by atoms with van der Waals surface area (Å²) in [5, 5.41) is 6.61. The van der Waals surface area contributed by atoms with Gasteiger partial charge in [-0.05, 0) is 31.2 Å². The van der Waals surface area contributed by atoms with Gasteiger partial charge in [0.15, 0.2) is 15.8 Å². The molecule has 2 N–H and O–H groups in total. The van der Waals surface area contributed by atoms with Gasteiger partial charge < -0.3 is 15.4 Å². The molecule has 0 aliphatic carbocycles. The van der Waals surface area contributed by atoms with Gasteiger partial charge in [0.25, 0.3) is 0 Å². The highest BCUT2D eigenvalue weighted by Gasteiger charge is 2.41.